The van der Waals surface area contributed by atoms with Crippen molar-refractivity contribution in [1.29, 1.82) is 0 Å². The van der Waals surface area contributed by atoms with Gasteiger partial charge in [-0.3, -0.25) is 4.79 Å². The molecule has 0 saturated heterocycles. The summed E-state index contributed by atoms with van der Waals surface area (Å²) in [6.07, 6.45) is 1.38. The van der Waals surface area contributed by atoms with E-state index in [0.29, 0.717) is 24.7 Å². The summed E-state index contributed by atoms with van der Waals surface area (Å²) in [7, 11) is -4.23. The molecule has 24 heavy (non-hydrogen) atoms. The van der Waals surface area contributed by atoms with Crippen molar-refractivity contribution in [2.45, 2.75) is 31.6 Å². The van der Waals surface area contributed by atoms with Gasteiger partial charge in [0.15, 0.2) is 5.69 Å². The van der Waals surface area contributed by atoms with Crippen LogP contribution in [0.5, 0.6) is 0 Å². The highest BCUT2D eigenvalue weighted by molar-refractivity contribution is 7.90. The average Bonchev–Trinajstić information content (AvgIpc) is 3.08. The summed E-state index contributed by atoms with van der Waals surface area (Å²) in [5, 5.41) is 6.10. The van der Waals surface area contributed by atoms with Crippen LogP contribution in [0.25, 0.3) is 0 Å². The fourth-order valence-corrected chi connectivity index (χ4v) is 3.65. The Bertz CT molecular complexity index is 911. The lowest BCUT2D eigenvalue weighted by Crippen LogP contribution is -2.34. The van der Waals surface area contributed by atoms with Gasteiger partial charge in [0.25, 0.3) is 5.91 Å². The molecule has 1 atom stereocenters. The summed E-state index contributed by atoms with van der Waals surface area (Å²) in [6, 6.07) is 2.59. The molecule has 0 bridgehead atoms. The van der Waals surface area contributed by atoms with E-state index in [4.69, 9.17) is 0 Å². The van der Waals surface area contributed by atoms with Gasteiger partial charge in [0.05, 0.1) is 5.69 Å². The Morgan fingerprint density at radius 3 is 2.83 bits per heavy atom. The predicted octanol–water partition coefficient (Wildman–Crippen LogP) is 1.32. The molecule has 0 fully saturated rings. The van der Waals surface area contributed by atoms with E-state index in [-0.39, 0.29) is 11.3 Å². The van der Waals surface area contributed by atoms with Crippen molar-refractivity contribution >= 4 is 15.9 Å². The van der Waals surface area contributed by atoms with Gasteiger partial charge >= 0.3 is 0 Å². The number of rotatable bonds is 4. The number of benzene rings is 1. The fourth-order valence-electron chi connectivity index (χ4n) is 2.60. The Kier molecular flexibility index (Phi) is 4.08. The van der Waals surface area contributed by atoms with Crippen LogP contribution in [-0.4, -0.2) is 29.3 Å². The zero-order valence-corrected chi connectivity index (χ0v) is 13.5. The Morgan fingerprint density at radius 2 is 2.12 bits per heavy atom. The summed E-state index contributed by atoms with van der Waals surface area (Å²) >= 11 is 0. The molecule has 128 valence electrons. The van der Waals surface area contributed by atoms with Crippen LogP contribution in [0.2, 0.25) is 0 Å². The molecule has 1 aromatic carbocycles. The number of aromatic nitrogens is 3. The highest BCUT2D eigenvalue weighted by Gasteiger charge is 2.31. The smallest absolute Gasteiger partial charge is 0.266 e. The van der Waals surface area contributed by atoms with E-state index < -0.39 is 32.8 Å². The minimum Gasteiger partial charge on any atom is -0.266 e. The Morgan fingerprint density at radius 1 is 1.38 bits per heavy atom. The molecule has 1 aromatic heterocycles. The number of fused-ring (bicyclic) bond motifs is 1. The van der Waals surface area contributed by atoms with Crippen molar-refractivity contribution in [1.82, 2.24) is 19.7 Å². The Labute approximate surface area is 136 Å². The third-order valence-electron chi connectivity index (χ3n) is 3.94. The van der Waals surface area contributed by atoms with Gasteiger partial charge in [-0.05, 0) is 25.8 Å². The number of amides is 1. The van der Waals surface area contributed by atoms with Gasteiger partial charge in [0.2, 0.25) is 10.0 Å². The first-order valence-electron chi connectivity index (χ1n) is 7.23. The van der Waals surface area contributed by atoms with Gasteiger partial charge in [-0.2, -0.15) is 0 Å². The first kappa shape index (κ1) is 16.5. The molecule has 1 aliphatic rings. The second kappa shape index (κ2) is 5.93. The van der Waals surface area contributed by atoms with Crippen LogP contribution in [-0.2, 0) is 23.0 Å². The quantitative estimate of drug-likeness (QED) is 0.892. The number of aryl methyl sites for hydroxylation is 1. The van der Waals surface area contributed by atoms with Gasteiger partial charge in [-0.15, -0.1) is 5.10 Å². The molecule has 0 spiro atoms. The predicted molar refractivity (Wildman–Crippen MR) is 79.5 cm³/mol. The van der Waals surface area contributed by atoms with Crippen LogP contribution in [0.15, 0.2) is 18.2 Å². The lowest BCUT2D eigenvalue weighted by molar-refractivity contribution is 0.0975. The third kappa shape index (κ3) is 2.88. The number of hydrogen-bond acceptors (Lipinski definition) is 5. The molecule has 2 heterocycles. The van der Waals surface area contributed by atoms with E-state index in [1.807, 2.05) is 4.72 Å². The molecule has 1 N–H and O–H groups in total. The standard InChI is InChI=1S/C14H14F2N4O3S/c1-8(10-5-4-9(15)7-11(10)16)24(22,23)18-14(21)13-12-3-2-6-20(12)19-17-13/h4-5,7-8H,2-3,6H2,1H3,(H,18,21). The third-order valence-corrected chi connectivity index (χ3v) is 5.59. The lowest BCUT2D eigenvalue weighted by Gasteiger charge is -2.14. The molecular formula is C14H14F2N4O3S. The molecule has 0 aliphatic carbocycles. The van der Waals surface area contributed by atoms with Crippen LogP contribution in [0.1, 0.15) is 40.3 Å². The minimum absolute atomic E-state index is 0.0529. The normalized spacial score (nSPS) is 15.1. The molecule has 1 aliphatic heterocycles. The molecule has 0 radical (unpaired) electrons. The summed E-state index contributed by atoms with van der Waals surface area (Å²) in [5.74, 6) is -2.72. The SMILES string of the molecule is CC(c1ccc(F)cc1F)S(=O)(=O)NC(=O)c1nnn2c1CCC2. The number of nitrogens with one attached hydrogen (secondary N) is 1. The maximum atomic E-state index is 13.8. The van der Waals surface area contributed by atoms with Crippen LogP contribution in [0, 0.1) is 11.6 Å². The van der Waals surface area contributed by atoms with Crippen molar-refractivity contribution in [3.63, 3.8) is 0 Å². The van der Waals surface area contributed by atoms with E-state index in [2.05, 4.69) is 10.3 Å². The number of carbonyl (C=O) groups excluding carboxylic acids is 1. The number of hydrogen-bond donors (Lipinski definition) is 1. The van der Waals surface area contributed by atoms with Gasteiger partial charge in [0, 0.05) is 18.2 Å². The van der Waals surface area contributed by atoms with Crippen molar-refractivity contribution in [3.05, 3.63) is 46.8 Å². The number of halogens is 2. The second-order valence-corrected chi connectivity index (χ2v) is 7.50. The summed E-state index contributed by atoms with van der Waals surface area (Å²) < 4.78 is 54.8. The van der Waals surface area contributed by atoms with E-state index in [0.717, 1.165) is 18.6 Å². The molecule has 0 saturated carbocycles. The Balaban J connectivity index is 1.83. The first-order valence-corrected chi connectivity index (χ1v) is 8.77. The van der Waals surface area contributed by atoms with E-state index in [9.17, 15) is 22.0 Å². The van der Waals surface area contributed by atoms with Crippen molar-refractivity contribution in [2.75, 3.05) is 0 Å². The summed E-state index contributed by atoms with van der Waals surface area (Å²) in [6.45, 7) is 1.83. The van der Waals surface area contributed by atoms with Crippen molar-refractivity contribution < 1.29 is 22.0 Å². The van der Waals surface area contributed by atoms with Gasteiger partial charge in [-0.25, -0.2) is 26.6 Å². The van der Waals surface area contributed by atoms with Gasteiger partial charge < -0.3 is 0 Å². The maximum absolute atomic E-state index is 13.8. The number of carbonyl (C=O) groups is 1. The zero-order valence-electron chi connectivity index (χ0n) is 12.7. The van der Waals surface area contributed by atoms with Gasteiger partial charge in [0.1, 0.15) is 16.9 Å². The molecular weight excluding hydrogens is 342 g/mol. The highest BCUT2D eigenvalue weighted by atomic mass is 32.2. The number of nitrogens with zero attached hydrogens (tertiary/aromatic N) is 3. The second-order valence-electron chi connectivity index (χ2n) is 5.50. The monoisotopic (exact) mass is 356 g/mol. The molecule has 3 rings (SSSR count). The van der Waals surface area contributed by atoms with Crippen LogP contribution in [0.4, 0.5) is 8.78 Å². The lowest BCUT2D eigenvalue weighted by atomic mass is 10.1. The summed E-state index contributed by atoms with van der Waals surface area (Å²) in [4.78, 5) is 12.2. The van der Waals surface area contributed by atoms with Crippen LogP contribution in [0.3, 0.4) is 0 Å². The highest BCUT2D eigenvalue weighted by Crippen LogP contribution is 2.25. The van der Waals surface area contributed by atoms with E-state index >= 15 is 0 Å². The van der Waals surface area contributed by atoms with Crippen molar-refractivity contribution in [3.8, 4) is 0 Å². The molecule has 10 heteroatoms. The first-order chi connectivity index (χ1) is 11.3. The largest absolute Gasteiger partial charge is 0.287 e. The average molecular weight is 356 g/mol. The topological polar surface area (TPSA) is 93.9 Å². The molecule has 1 unspecified atom stereocenters. The van der Waals surface area contributed by atoms with Gasteiger partial charge in [-0.1, -0.05) is 11.3 Å². The maximum Gasteiger partial charge on any atom is 0.287 e. The Hall–Kier alpha value is -2.36. The molecule has 2 aromatic rings. The fraction of sp³-hybridized carbons (Fsp3) is 0.357. The zero-order chi connectivity index (χ0) is 17.5. The van der Waals surface area contributed by atoms with Crippen molar-refractivity contribution in [2.24, 2.45) is 0 Å². The minimum atomic E-state index is -4.23. The molecule has 7 nitrogen and oxygen atoms in total. The molecule has 1 amide bonds. The van der Waals surface area contributed by atoms with E-state index in [1.165, 1.54) is 6.92 Å². The van der Waals surface area contributed by atoms with Crippen LogP contribution < -0.4 is 4.72 Å². The number of sulfonamides is 1. The van der Waals surface area contributed by atoms with E-state index in [1.54, 1.807) is 4.68 Å². The van der Waals surface area contributed by atoms with Crippen LogP contribution >= 0.6 is 0 Å². The summed E-state index contributed by atoms with van der Waals surface area (Å²) in [5.41, 5.74) is 0.288.